The van der Waals surface area contributed by atoms with Crippen molar-refractivity contribution < 1.29 is 4.79 Å². The van der Waals surface area contributed by atoms with Gasteiger partial charge in [0.05, 0.1) is 6.34 Å². The topological polar surface area (TPSA) is 41.5 Å². The van der Waals surface area contributed by atoms with E-state index in [1.807, 2.05) is 12.1 Å². The fourth-order valence-corrected chi connectivity index (χ4v) is 1.61. The van der Waals surface area contributed by atoms with Gasteiger partial charge in [-0.25, -0.2) is 0 Å². The van der Waals surface area contributed by atoms with E-state index in [1.54, 1.807) is 6.07 Å². The highest BCUT2D eigenvalue weighted by Gasteiger charge is 2.18. The summed E-state index contributed by atoms with van der Waals surface area (Å²) in [7, 11) is 0. The third-order valence-corrected chi connectivity index (χ3v) is 2.26. The average molecular weight is 195 g/mol. The number of nitrogens with one attached hydrogen (secondary N) is 1. The minimum absolute atomic E-state index is 0.468. The fourth-order valence-electron chi connectivity index (χ4n) is 1.33. The van der Waals surface area contributed by atoms with Gasteiger partial charge in [0.25, 0.3) is 0 Å². The maximum absolute atomic E-state index is 10.7. The van der Waals surface area contributed by atoms with Gasteiger partial charge >= 0.3 is 0 Å². The highest BCUT2D eigenvalue weighted by molar-refractivity contribution is 6.32. The molecule has 4 heteroatoms. The number of hydrogen-bond acceptors (Lipinski definition) is 3. The van der Waals surface area contributed by atoms with E-state index in [4.69, 9.17) is 11.6 Å². The van der Waals surface area contributed by atoms with Gasteiger partial charge in [0.2, 0.25) is 0 Å². The zero-order chi connectivity index (χ0) is 9.26. The first kappa shape index (κ1) is 8.26. The molecule has 1 N–H and O–H groups in total. The van der Waals surface area contributed by atoms with Crippen LogP contribution in [0.1, 0.15) is 11.6 Å². The summed E-state index contributed by atoms with van der Waals surface area (Å²) in [6, 6.07) is 4.97. The maximum atomic E-state index is 10.7. The molecule has 0 saturated heterocycles. The quantitative estimate of drug-likeness (QED) is 0.695. The van der Waals surface area contributed by atoms with E-state index in [9.17, 15) is 4.79 Å². The van der Waals surface area contributed by atoms with Crippen molar-refractivity contribution in [1.29, 1.82) is 0 Å². The highest BCUT2D eigenvalue weighted by atomic mass is 35.5. The van der Waals surface area contributed by atoms with Crippen molar-refractivity contribution in [1.82, 2.24) is 0 Å². The Kier molecular flexibility index (Phi) is 2.02. The molecule has 0 aromatic heterocycles. The monoisotopic (exact) mass is 194 g/mol. The lowest BCUT2D eigenvalue weighted by atomic mass is 10.1. The minimum Gasteiger partial charge on any atom is -0.346 e. The Balaban J connectivity index is 2.58. The lowest BCUT2D eigenvalue weighted by Crippen LogP contribution is -2.11. The number of fused-ring (bicyclic) bond motifs is 1. The molecule has 3 nitrogen and oxygen atoms in total. The van der Waals surface area contributed by atoms with Crippen LogP contribution < -0.4 is 5.32 Å². The Hall–Kier alpha value is -1.35. The predicted molar refractivity (Wildman–Crippen MR) is 52.4 cm³/mol. The van der Waals surface area contributed by atoms with Crippen LogP contribution in [0, 0.1) is 0 Å². The smallest absolute Gasteiger partial charge is 0.149 e. The second-order valence-electron chi connectivity index (χ2n) is 2.70. The van der Waals surface area contributed by atoms with Crippen LogP contribution >= 0.6 is 11.6 Å². The molecule has 0 saturated carbocycles. The van der Waals surface area contributed by atoms with E-state index < -0.39 is 6.04 Å². The normalized spacial score (nSPS) is 19.0. The summed E-state index contributed by atoms with van der Waals surface area (Å²) in [4.78, 5) is 14.6. The van der Waals surface area contributed by atoms with Crippen LogP contribution in [0.4, 0.5) is 5.69 Å². The number of hydrogen-bond donors (Lipinski definition) is 1. The zero-order valence-electron chi connectivity index (χ0n) is 6.70. The first-order valence-corrected chi connectivity index (χ1v) is 4.22. The van der Waals surface area contributed by atoms with E-state index >= 15 is 0 Å². The third-order valence-electron chi connectivity index (χ3n) is 1.93. The highest BCUT2D eigenvalue weighted by Crippen LogP contribution is 2.33. The Labute approximate surface area is 80.4 Å². The zero-order valence-corrected chi connectivity index (χ0v) is 7.45. The molecule has 0 aliphatic carbocycles. The van der Waals surface area contributed by atoms with Gasteiger partial charge in [-0.1, -0.05) is 17.7 Å². The van der Waals surface area contributed by atoms with Crippen molar-refractivity contribution in [3.63, 3.8) is 0 Å². The van der Waals surface area contributed by atoms with Crippen LogP contribution in [0.5, 0.6) is 0 Å². The van der Waals surface area contributed by atoms with Crippen molar-refractivity contribution >= 4 is 29.9 Å². The van der Waals surface area contributed by atoms with Gasteiger partial charge in [-0.05, 0) is 12.1 Å². The predicted octanol–water partition coefficient (Wildman–Crippen LogP) is 2.03. The molecule has 0 amide bonds. The Bertz CT molecular complexity index is 376. The number of anilines is 1. The Morgan fingerprint density at radius 3 is 3.15 bits per heavy atom. The van der Waals surface area contributed by atoms with E-state index in [0.29, 0.717) is 5.02 Å². The molecule has 1 aliphatic heterocycles. The largest absolute Gasteiger partial charge is 0.346 e. The molecule has 1 aromatic rings. The average Bonchev–Trinajstić information content (AvgIpc) is 2.17. The fraction of sp³-hybridized carbons (Fsp3) is 0.111. The van der Waals surface area contributed by atoms with Crippen molar-refractivity contribution in [3.05, 3.63) is 28.8 Å². The lowest BCUT2D eigenvalue weighted by Gasteiger charge is -2.17. The molecule has 66 valence electrons. The number of nitrogens with zero attached hydrogens (tertiary/aromatic N) is 1. The molecule has 0 fully saturated rings. The second-order valence-corrected chi connectivity index (χ2v) is 3.11. The minimum atomic E-state index is -0.468. The molecular weight excluding hydrogens is 188 g/mol. The third kappa shape index (κ3) is 1.31. The van der Waals surface area contributed by atoms with Crippen molar-refractivity contribution in [3.8, 4) is 0 Å². The summed E-state index contributed by atoms with van der Waals surface area (Å²) >= 11 is 5.94. The van der Waals surface area contributed by atoms with E-state index in [1.165, 1.54) is 6.34 Å². The van der Waals surface area contributed by atoms with Crippen LogP contribution in [0.3, 0.4) is 0 Å². The first-order chi connectivity index (χ1) is 6.33. The number of aldehydes is 1. The lowest BCUT2D eigenvalue weighted by molar-refractivity contribution is -0.108. The SMILES string of the molecule is O=CC1N=CNc2cccc(Cl)c21. The summed E-state index contributed by atoms with van der Waals surface area (Å²) in [6.07, 6.45) is 2.29. The summed E-state index contributed by atoms with van der Waals surface area (Å²) < 4.78 is 0. The Morgan fingerprint density at radius 1 is 1.54 bits per heavy atom. The summed E-state index contributed by atoms with van der Waals surface area (Å²) in [6.45, 7) is 0. The van der Waals surface area contributed by atoms with E-state index in [2.05, 4.69) is 10.3 Å². The number of carbonyl (C=O) groups excluding carboxylic acids is 1. The van der Waals surface area contributed by atoms with E-state index in [-0.39, 0.29) is 0 Å². The number of rotatable bonds is 1. The molecule has 0 bridgehead atoms. The number of carbonyl (C=O) groups is 1. The maximum Gasteiger partial charge on any atom is 0.149 e. The molecule has 13 heavy (non-hydrogen) atoms. The molecule has 1 heterocycles. The second kappa shape index (κ2) is 3.18. The Morgan fingerprint density at radius 2 is 2.38 bits per heavy atom. The first-order valence-electron chi connectivity index (χ1n) is 3.85. The molecule has 0 radical (unpaired) electrons. The molecule has 1 unspecified atom stereocenters. The van der Waals surface area contributed by atoms with Crippen LogP contribution in [0.15, 0.2) is 23.2 Å². The van der Waals surface area contributed by atoms with Crippen LogP contribution in [0.25, 0.3) is 0 Å². The van der Waals surface area contributed by atoms with Gasteiger partial charge in [-0.2, -0.15) is 0 Å². The van der Waals surface area contributed by atoms with Crippen LogP contribution in [-0.2, 0) is 4.79 Å². The van der Waals surface area contributed by atoms with Gasteiger partial charge in [0, 0.05) is 16.3 Å². The number of aliphatic imine (C=N–C) groups is 1. The van der Waals surface area contributed by atoms with Crippen molar-refractivity contribution in [2.24, 2.45) is 4.99 Å². The van der Waals surface area contributed by atoms with Crippen LogP contribution in [-0.4, -0.2) is 12.6 Å². The molecule has 2 rings (SSSR count). The number of halogens is 1. The summed E-state index contributed by atoms with van der Waals surface area (Å²) in [5, 5.41) is 3.50. The van der Waals surface area contributed by atoms with Crippen molar-refractivity contribution in [2.45, 2.75) is 6.04 Å². The van der Waals surface area contributed by atoms with Gasteiger partial charge < -0.3 is 10.1 Å². The molecule has 1 atom stereocenters. The van der Waals surface area contributed by atoms with Crippen molar-refractivity contribution in [2.75, 3.05) is 5.32 Å². The summed E-state index contributed by atoms with van der Waals surface area (Å²) in [5.41, 5.74) is 1.60. The van der Waals surface area contributed by atoms with Gasteiger partial charge in [0.15, 0.2) is 0 Å². The molecule has 1 aromatic carbocycles. The van der Waals surface area contributed by atoms with Crippen LogP contribution in [0.2, 0.25) is 5.02 Å². The van der Waals surface area contributed by atoms with Gasteiger partial charge in [-0.15, -0.1) is 0 Å². The van der Waals surface area contributed by atoms with E-state index in [0.717, 1.165) is 17.5 Å². The molecule has 0 spiro atoms. The van der Waals surface area contributed by atoms with Gasteiger partial charge in [0.1, 0.15) is 12.3 Å². The number of benzene rings is 1. The standard InChI is InChI=1S/C9H7ClN2O/c10-6-2-1-3-7-9(6)8(4-13)12-5-11-7/h1-5,8H,(H,11,12). The molecular formula is C9H7ClN2O. The van der Waals surface area contributed by atoms with Gasteiger partial charge in [-0.3, -0.25) is 4.99 Å². The molecule has 1 aliphatic rings. The summed E-state index contributed by atoms with van der Waals surface area (Å²) in [5.74, 6) is 0.